The molecule has 0 radical (unpaired) electrons. The molecule has 3 amide bonds. The number of carbonyl (C=O) groups excluding carboxylic acids is 6. The summed E-state index contributed by atoms with van der Waals surface area (Å²) in [6.07, 6.45) is 3.09. The number of carbonyl (C=O) groups is 7. The molecule has 0 fully saturated rings. The number of primary amides is 1. The summed E-state index contributed by atoms with van der Waals surface area (Å²) in [4.78, 5) is 103. The number of nitrogens with one attached hydrogen (secondary N) is 4. The van der Waals surface area contributed by atoms with Crippen LogP contribution in [-0.2, 0) is 57.4 Å². The maximum atomic E-state index is 13.8. The van der Waals surface area contributed by atoms with Gasteiger partial charge in [-0.1, -0.05) is 93.6 Å². The summed E-state index contributed by atoms with van der Waals surface area (Å²) in [5.41, 5.74) is 16.8. The van der Waals surface area contributed by atoms with Gasteiger partial charge in [-0.25, -0.2) is 18.0 Å². The molecule has 0 aliphatic heterocycles. The SMILES string of the molecule is CCOC(=O)C(C)C[C@H](N)Cc1ccc(-c2cc(F)ccc2OC)cc1.CCOC(=O)[C@@H](C)C[C@@H](Cc1ccc(-c2cc(F)ccc2OC)cc1)NC(=O)c1cc(=O)[nH]o1.CCOC(=O)[C@H](C)C[C@@H](Cc1ccc(-c2cc(F)ccc2OC)cc1)NC(=O)c1cc(=O)[nH]o1.Cl.NC(=O)/C=C(\O)C(=O)O. The molecule has 10 N–H and O–H groups in total. The molecule has 29 heteroatoms. The summed E-state index contributed by atoms with van der Waals surface area (Å²) in [5.74, 6) is -6.43. The Kier molecular flexibility index (Phi) is 35.0. The molecule has 0 saturated carbocycles. The molecule has 0 saturated heterocycles. The number of rotatable bonds is 30. The highest BCUT2D eigenvalue weighted by Crippen LogP contribution is 2.34. The van der Waals surface area contributed by atoms with Crippen LogP contribution >= 0.6 is 12.4 Å². The largest absolute Gasteiger partial charge is 0.502 e. The van der Waals surface area contributed by atoms with Gasteiger partial charge < -0.3 is 69.8 Å². The zero-order valence-corrected chi connectivity index (χ0v) is 59.5. The van der Waals surface area contributed by atoms with Crippen molar-refractivity contribution in [1.29, 1.82) is 0 Å². The number of aliphatic hydroxyl groups is 1. The predicted octanol–water partition coefficient (Wildman–Crippen LogP) is 10.8. The molecule has 1 unspecified atom stereocenters. The van der Waals surface area contributed by atoms with Crippen molar-refractivity contribution in [3.63, 3.8) is 0 Å². The Balaban J connectivity index is 0.000000312. The van der Waals surface area contributed by atoms with Gasteiger partial charge in [-0.05, 0) is 147 Å². The van der Waals surface area contributed by atoms with E-state index in [4.69, 9.17) is 53.4 Å². The lowest BCUT2D eigenvalue weighted by molar-refractivity contribution is -0.148. The average molecular weight is 1470 g/mol. The number of aliphatic carboxylic acids is 1. The summed E-state index contributed by atoms with van der Waals surface area (Å²) in [6, 6.07) is 36.8. The number of nitrogens with two attached hydrogens (primary N) is 2. The lowest BCUT2D eigenvalue weighted by atomic mass is 9.94. The second-order valence-electron chi connectivity index (χ2n) is 23.4. The van der Waals surface area contributed by atoms with E-state index < -0.39 is 64.5 Å². The van der Waals surface area contributed by atoms with Gasteiger partial charge in [0.05, 0.1) is 77.1 Å². The first kappa shape index (κ1) is 85.0. The molecule has 0 aliphatic rings. The molecule has 104 heavy (non-hydrogen) atoms. The maximum absolute atomic E-state index is 13.8. The number of hydrogen-bond donors (Lipinski definition) is 8. The van der Waals surface area contributed by atoms with E-state index in [1.54, 1.807) is 59.9 Å². The number of amides is 3. The highest BCUT2D eigenvalue weighted by molar-refractivity contribution is 5.95. The number of benzene rings is 6. The van der Waals surface area contributed by atoms with E-state index in [0.717, 1.165) is 45.5 Å². The van der Waals surface area contributed by atoms with Crippen molar-refractivity contribution < 1.29 is 94.4 Å². The summed E-state index contributed by atoms with van der Waals surface area (Å²) in [6.45, 7) is 11.4. The van der Waals surface area contributed by atoms with Crippen LogP contribution in [0.25, 0.3) is 33.4 Å². The van der Waals surface area contributed by atoms with Crippen LogP contribution in [0.15, 0.2) is 170 Å². The van der Waals surface area contributed by atoms with Gasteiger partial charge >= 0.3 is 23.9 Å². The molecule has 6 aromatic carbocycles. The van der Waals surface area contributed by atoms with Crippen molar-refractivity contribution in [3.05, 3.63) is 218 Å². The molecule has 0 bridgehead atoms. The van der Waals surface area contributed by atoms with E-state index in [1.165, 1.54) is 50.6 Å². The van der Waals surface area contributed by atoms with Crippen LogP contribution in [0.4, 0.5) is 13.2 Å². The standard InChI is InChI=1S/2C25H27FN2O6.C21H26FNO3.C4H5NO4.ClH/c2*1-4-33-25(31)15(2)11-19(27-24(30)22-14-23(29)28-34-22)12-16-5-7-17(8-6-16)20-13-18(26)9-10-21(20)32-3;1-4-26-21(24)14(2)11-18(23)12-15-5-7-16(8-6-15)19-13-17(22)9-10-20(19)25-3;5-3(7)1-2(6)4(8)9;/h2*5-10,13-15,19H,4,11-12H2,1-3H3,(H,27,30)(H,28,29);5-10,13-14,18H,4,11-12,23H2,1-3H3;1,6H,(H2,5,7)(H,8,9);1H/b;;;2-1-;/t15-,19+;15-,19-;14?,18-;;/m100../s1. The second-order valence-corrected chi connectivity index (χ2v) is 23.4. The highest BCUT2D eigenvalue weighted by Gasteiger charge is 2.27. The fourth-order valence-corrected chi connectivity index (χ4v) is 10.5. The third-order valence-electron chi connectivity index (χ3n) is 15.4. The number of ether oxygens (including phenoxy) is 6. The van der Waals surface area contributed by atoms with E-state index in [0.29, 0.717) is 85.1 Å². The van der Waals surface area contributed by atoms with Gasteiger partial charge in [-0.15, -0.1) is 12.4 Å². The minimum atomic E-state index is -1.58. The van der Waals surface area contributed by atoms with Gasteiger partial charge in [0.1, 0.15) is 34.7 Å². The number of hydrogen-bond acceptors (Lipinski definition) is 19. The molecule has 8 rings (SSSR count). The smallest absolute Gasteiger partial charge is 0.371 e. The third kappa shape index (κ3) is 27.5. The minimum absolute atomic E-state index is 0. The number of aliphatic hydroxyl groups excluding tert-OH is 1. The topological polar surface area (TPSA) is 383 Å². The summed E-state index contributed by atoms with van der Waals surface area (Å²) in [5, 5.41) is 26.0. The summed E-state index contributed by atoms with van der Waals surface area (Å²) in [7, 11) is 4.61. The molecular formula is C75H86ClF3N6O19. The number of carboxylic acids is 1. The lowest BCUT2D eigenvalue weighted by Gasteiger charge is -2.21. The minimum Gasteiger partial charge on any atom is -0.502 e. The molecule has 558 valence electrons. The fourth-order valence-electron chi connectivity index (χ4n) is 10.5. The van der Waals surface area contributed by atoms with Gasteiger partial charge in [0, 0.05) is 34.8 Å². The van der Waals surface area contributed by atoms with Crippen molar-refractivity contribution in [3.8, 4) is 50.6 Å². The quantitative estimate of drug-likeness (QED) is 0.00897. The molecule has 0 spiro atoms. The van der Waals surface area contributed by atoms with Crippen molar-refractivity contribution in [2.24, 2.45) is 29.2 Å². The number of halogens is 4. The molecule has 25 nitrogen and oxygen atoms in total. The van der Waals surface area contributed by atoms with Crippen LogP contribution in [-0.4, -0.2) is 121 Å². The van der Waals surface area contributed by atoms with Crippen LogP contribution < -0.4 is 47.4 Å². The lowest BCUT2D eigenvalue weighted by Crippen LogP contribution is -2.38. The molecule has 8 aromatic rings. The first-order valence-corrected chi connectivity index (χ1v) is 32.5. The number of aromatic amines is 2. The summed E-state index contributed by atoms with van der Waals surface area (Å²) < 4.78 is 82.0. The van der Waals surface area contributed by atoms with Crippen LogP contribution in [0.1, 0.15) is 98.6 Å². The number of carboxylic acid groups (broad SMARTS) is 1. The maximum Gasteiger partial charge on any atom is 0.371 e. The first-order chi connectivity index (χ1) is 49.1. The molecule has 6 atom stereocenters. The average Bonchev–Trinajstić information content (AvgIpc) is 1.04. The van der Waals surface area contributed by atoms with Gasteiger partial charge in [0.2, 0.25) is 23.2 Å². The van der Waals surface area contributed by atoms with Crippen molar-refractivity contribution in [2.45, 2.75) is 98.2 Å². The Morgan fingerprint density at radius 3 is 1.06 bits per heavy atom. The zero-order chi connectivity index (χ0) is 75.9. The van der Waals surface area contributed by atoms with E-state index in [-0.39, 0.29) is 84.5 Å². The Bertz CT molecular complexity index is 4090. The monoisotopic (exact) mass is 1470 g/mol. The Morgan fingerprint density at radius 2 is 0.798 bits per heavy atom. The van der Waals surface area contributed by atoms with Crippen molar-refractivity contribution in [2.75, 3.05) is 41.2 Å². The normalized spacial score (nSPS) is 12.5. The van der Waals surface area contributed by atoms with Crippen molar-refractivity contribution >= 4 is 54.0 Å². The molecule has 2 heterocycles. The number of methoxy groups -OCH3 is 3. The Labute approximate surface area is 603 Å². The molecule has 2 aromatic heterocycles. The number of H-pyrrole nitrogens is 2. The second kappa shape index (κ2) is 42.8. The van der Waals surface area contributed by atoms with Crippen LogP contribution in [0.5, 0.6) is 17.2 Å². The van der Waals surface area contributed by atoms with Crippen LogP contribution in [0.3, 0.4) is 0 Å². The first-order valence-electron chi connectivity index (χ1n) is 32.5. The molecule has 0 aliphatic carbocycles. The van der Waals surface area contributed by atoms with E-state index in [9.17, 15) is 56.3 Å². The Morgan fingerprint density at radius 1 is 0.490 bits per heavy atom. The zero-order valence-electron chi connectivity index (χ0n) is 58.7. The van der Waals surface area contributed by atoms with Gasteiger partial charge in [0.15, 0.2) is 0 Å². The van der Waals surface area contributed by atoms with Crippen molar-refractivity contribution in [1.82, 2.24) is 20.9 Å². The van der Waals surface area contributed by atoms with Gasteiger partial charge in [-0.2, -0.15) is 10.3 Å². The Hall–Kier alpha value is -11.4. The van der Waals surface area contributed by atoms with E-state index in [2.05, 4.69) is 26.7 Å². The predicted molar refractivity (Wildman–Crippen MR) is 381 cm³/mol. The summed E-state index contributed by atoms with van der Waals surface area (Å²) >= 11 is 0. The third-order valence-corrected chi connectivity index (χ3v) is 15.4. The fraction of sp³-hybridized carbons (Fsp3) is 0.320. The van der Waals surface area contributed by atoms with E-state index >= 15 is 0 Å². The molecular weight excluding hydrogens is 1380 g/mol. The van der Waals surface area contributed by atoms with Crippen LogP contribution in [0, 0.1) is 35.2 Å². The number of aromatic nitrogens is 2. The van der Waals surface area contributed by atoms with Gasteiger partial charge in [-0.3, -0.25) is 38.4 Å². The van der Waals surface area contributed by atoms with Crippen LogP contribution in [0.2, 0.25) is 0 Å². The number of esters is 3. The van der Waals surface area contributed by atoms with Gasteiger partial charge in [0.25, 0.3) is 22.9 Å². The highest BCUT2D eigenvalue weighted by atomic mass is 35.5. The van der Waals surface area contributed by atoms with E-state index in [1.807, 2.05) is 79.7 Å².